The van der Waals surface area contributed by atoms with Crippen molar-refractivity contribution in [1.82, 2.24) is 14.9 Å². The molecule has 6 aromatic rings. The number of rotatable bonds is 10. The van der Waals surface area contributed by atoms with Gasteiger partial charge >= 0.3 is 5.97 Å². The van der Waals surface area contributed by atoms with E-state index in [2.05, 4.69) is 93.6 Å². The lowest BCUT2D eigenvalue weighted by atomic mass is 9.61. The second kappa shape index (κ2) is 23.7. The number of H-pyrrole nitrogens is 1. The Morgan fingerprint density at radius 1 is 0.905 bits per heavy atom. The molecule has 6 N–H and O–H groups in total. The number of nitrogens with one attached hydrogen (secondary N) is 2. The number of nitrogens with zero attached hydrogens (tertiary/aromatic N) is 2. The first-order valence-electron chi connectivity index (χ1n) is 29.9. The molecule has 0 saturated heterocycles. The van der Waals surface area contributed by atoms with Crippen molar-refractivity contribution in [3.8, 4) is 46.3 Å². The van der Waals surface area contributed by atoms with Gasteiger partial charge < -0.3 is 54.4 Å². The van der Waals surface area contributed by atoms with Crippen LogP contribution in [0, 0.1) is 29.1 Å². The third kappa shape index (κ3) is 11.0. The summed E-state index contributed by atoms with van der Waals surface area (Å²) >= 11 is 0. The maximum Gasteiger partial charge on any atom is 0.302 e. The van der Waals surface area contributed by atoms with Gasteiger partial charge in [0.25, 0.3) is 0 Å². The summed E-state index contributed by atoms with van der Waals surface area (Å²) in [6, 6.07) is 20.3. The highest BCUT2D eigenvalue weighted by molar-refractivity contribution is 6.00. The minimum Gasteiger partial charge on any atom is -0.508 e. The van der Waals surface area contributed by atoms with E-state index in [9.17, 15) is 30.0 Å². The third-order valence-corrected chi connectivity index (χ3v) is 18.8. The van der Waals surface area contributed by atoms with Gasteiger partial charge in [-0.25, -0.2) is 0 Å². The van der Waals surface area contributed by atoms with Gasteiger partial charge in [-0.2, -0.15) is 0 Å². The molecule has 2 aliphatic heterocycles. The van der Waals surface area contributed by atoms with Crippen molar-refractivity contribution in [2.45, 2.75) is 134 Å². The number of Topliss-reactive ketones (excluding diaryl/α,β-unsaturated/α-hetero) is 2. The topological polar surface area (TPSA) is 196 Å². The van der Waals surface area contributed by atoms with Gasteiger partial charge in [0.1, 0.15) is 40.7 Å². The fourth-order valence-corrected chi connectivity index (χ4v) is 14.6. The number of ketones is 2. The molecule has 0 amide bonds. The van der Waals surface area contributed by atoms with E-state index in [0.29, 0.717) is 63.6 Å². The van der Waals surface area contributed by atoms with Gasteiger partial charge in [0.05, 0.1) is 30.9 Å². The molecular weight excluding hydrogens is 1060 g/mol. The maximum atomic E-state index is 15.4. The number of aliphatic hydroxyl groups is 1. The van der Waals surface area contributed by atoms with Gasteiger partial charge in [0.2, 0.25) is 5.75 Å². The number of aryl methyl sites for hydroxylation is 1. The summed E-state index contributed by atoms with van der Waals surface area (Å²) in [5, 5.41) is 50.9. The Hall–Kier alpha value is -8.41. The molecular formula is C70H74N4O10. The number of aromatic amines is 1. The van der Waals surface area contributed by atoms with Gasteiger partial charge in [0, 0.05) is 104 Å². The predicted octanol–water partition coefficient (Wildman–Crippen LogP) is 12.9. The minimum absolute atomic E-state index is 0.00912. The summed E-state index contributed by atoms with van der Waals surface area (Å²) in [4.78, 5) is 48.7. The molecule has 4 aliphatic carbocycles. The van der Waals surface area contributed by atoms with Crippen LogP contribution in [0.2, 0.25) is 0 Å². The van der Waals surface area contributed by atoms with Crippen molar-refractivity contribution in [2.24, 2.45) is 17.3 Å². The van der Waals surface area contributed by atoms with E-state index in [4.69, 9.17) is 14.2 Å². The Balaban J connectivity index is 1.08. The number of ether oxygens (including phenoxy) is 3. The lowest BCUT2D eigenvalue weighted by Crippen LogP contribution is -2.37. The van der Waals surface area contributed by atoms with E-state index < -0.39 is 29.6 Å². The van der Waals surface area contributed by atoms with Gasteiger partial charge in [-0.15, -0.1) is 0 Å². The molecule has 14 nitrogen and oxygen atoms in total. The Kier molecular flexibility index (Phi) is 15.8. The predicted molar refractivity (Wildman–Crippen MR) is 322 cm³/mol. The van der Waals surface area contributed by atoms with Crippen molar-refractivity contribution in [3.05, 3.63) is 172 Å². The van der Waals surface area contributed by atoms with Gasteiger partial charge in [-0.05, 0) is 133 Å². The molecule has 6 bridgehead atoms. The number of methoxy groups -OCH3 is 1. The molecule has 6 aliphatic rings. The zero-order valence-corrected chi connectivity index (χ0v) is 48.0. The monoisotopic (exact) mass is 1130 g/mol. The highest BCUT2D eigenvalue weighted by atomic mass is 16.5. The van der Waals surface area contributed by atoms with Crippen molar-refractivity contribution >= 4 is 34.0 Å². The lowest BCUT2D eigenvalue weighted by Gasteiger charge is -2.43. The number of hydrogen-bond acceptors (Lipinski definition) is 12. The Morgan fingerprint density at radius 3 is 2.52 bits per heavy atom. The second-order valence-electron chi connectivity index (χ2n) is 23.9. The minimum atomic E-state index is -0.781. The molecule has 1 saturated carbocycles. The van der Waals surface area contributed by atoms with Gasteiger partial charge in [-0.3, -0.25) is 14.4 Å². The highest BCUT2D eigenvalue weighted by Gasteiger charge is 2.43. The normalized spacial score (nSPS) is 24.4. The molecule has 1 fully saturated rings. The Morgan fingerprint density at radius 2 is 1.73 bits per heavy atom. The van der Waals surface area contributed by atoms with E-state index in [0.717, 1.165) is 87.9 Å². The van der Waals surface area contributed by atoms with Crippen LogP contribution in [0.5, 0.6) is 34.5 Å². The Labute approximate surface area is 490 Å². The summed E-state index contributed by atoms with van der Waals surface area (Å²) in [7, 11) is 1.48. The number of phenolic OH excluding ortho intramolecular Hbond substituents is 3. The quantitative estimate of drug-likeness (QED) is 0.0562. The average Bonchev–Trinajstić information content (AvgIpc) is 4.34. The maximum absolute atomic E-state index is 15.4. The van der Waals surface area contributed by atoms with E-state index in [1.165, 1.54) is 31.7 Å². The summed E-state index contributed by atoms with van der Waals surface area (Å²) in [6.07, 6.45) is 23.6. The zero-order valence-electron chi connectivity index (χ0n) is 48.0. The standard InChI is InChI=1S/C70H74N4O10/c1-42-11-7-15-49-16-9-20-55-57-40-71-39-48(57)38-70(42,49)28-25-54(83-43(2)75)36-52(78)37-61(47-32-64(81)69(65(33-47)82-3)84-53-19-10-18-51(77)35-53)74-41-58-59(22-21-56-63(80)24-23-60(74)68(56)58)73(30-27-62(79)44-12-5-4-6-13-44)66-34-46(26-29-72-66)67(55)45-14-8-17-50(76)31-45/h7-8,10-11,14-15,17-19,21-22,26,31-35,39-42,44,54-55,61,63,67,71-72,76-77,80-81H,4-6,12-13,16,23-25,27-30,36-38H2,1-3H3/t42-,54+,55+,61-,63+,67+,70+/m0/s1. The van der Waals surface area contributed by atoms with Crippen molar-refractivity contribution in [2.75, 3.05) is 25.1 Å². The summed E-state index contributed by atoms with van der Waals surface area (Å²) < 4.78 is 20.4. The molecule has 84 heavy (non-hydrogen) atoms. The van der Waals surface area contributed by atoms with E-state index in [1.54, 1.807) is 30.3 Å². The first kappa shape index (κ1) is 56.1. The van der Waals surface area contributed by atoms with Crippen LogP contribution >= 0.6 is 0 Å². The fraction of sp³-hybridized carbons (Fsp3) is 0.386. The largest absolute Gasteiger partial charge is 0.508 e. The molecule has 14 heteroatoms. The molecule has 434 valence electrons. The molecule has 12 rings (SSSR count). The van der Waals surface area contributed by atoms with Crippen LogP contribution in [0.25, 0.3) is 10.8 Å². The fourth-order valence-electron chi connectivity index (χ4n) is 14.6. The summed E-state index contributed by atoms with van der Waals surface area (Å²) in [5.74, 6) is 7.52. The van der Waals surface area contributed by atoms with E-state index >= 15 is 4.79 Å². The van der Waals surface area contributed by atoms with E-state index in [-0.39, 0.29) is 82.6 Å². The molecule has 0 unspecified atom stereocenters. The number of aliphatic hydroxyl groups excluding tert-OH is 1. The van der Waals surface area contributed by atoms with Crippen molar-refractivity contribution < 1.29 is 49.0 Å². The molecule has 0 radical (unpaired) electrons. The SMILES string of the molecule is COc1cc([C@@H]2CC(=O)C[C@H](OC(C)=O)CC[C@]34Cc5c[nH]cc5[C@@H](C#CCC3=CC=C[C@@H]4C)[C@H](c3cccc(O)c3)C3=CCNC(=C3)N(CCC(=O)C3CCCCC3)c3ccc4c5c(n2cc35)CC[C@H]4O)cc(O)c1Oc1cccc(O)c1. The molecule has 4 aromatic carbocycles. The molecule has 1 spiro atoms. The number of phenols is 3. The number of dihydropyridines is 1. The number of carbonyl (C=O) groups is 3. The lowest BCUT2D eigenvalue weighted by molar-refractivity contribution is -0.148. The van der Waals surface area contributed by atoms with Gasteiger partial charge in [0.15, 0.2) is 11.5 Å². The van der Waals surface area contributed by atoms with Gasteiger partial charge in [-0.1, -0.05) is 92.2 Å². The van der Waals surface area contributed by atoms with E-state index in [1.807, 2.05) is 24.3 Å². The number of aromatic nitrogens is 2. The zero-order chi connectivity index (χ0) is 58.2. The first-order valence-corrected chi connectivity index (χ1v) is 29.9. The summed E-state index contributed by atoms with van der Waals surface area (Å²) in [5.41, 5.74) is 7.71. The van der Waals surface area contributed by atoms with Crippen LogP contribution in [0.15, 0.2) is 139 Å². The van der Waals surface area contributed by atoms with Crippen LogP contribution in [0.3, 0.4) is 0 Å². The number of allylic oxidation sites excluding steroid dienone is 6. The van der Waals surface area contributed by atoms with Crippen LogP contribution in [-0.4, -0.2) is 73.8 Å². The van der Waals surface area contributed by atoms with Crippen LogP contribution in [0.1, 0.15) is 148 Å². The smallest absolute Gasteiger partial charge is 0.302 e. The highest BCUT2D eigenvalue weighted by Crippen LogP contribution is 2.53. The average molecular weight is 1130 g/mol. The summed E-state index contributed by atoms with van der Waals surface area (Å²) in [6.45, 7) is 4.42. The number of benzene rings is 4. The number of fused-ring (bicyclic) bond motifs is 3. The number of hydrogen-bond donors (Lipinski definition) is 6. The number of anilines is 1. The molecule has 2 aromatic heterocycles. The second-order valence-corrected chi connectivity index (χ2v) is 23.9. The third-order valence-electron chi connectivity index (χ3n) is 18.8. The number of esters is 1. The number of carbonyl (C=O) groups excluding carboxylic acids is 3. The molecule has 4 heterocycles. The van der Waals surface area contributed by atoms with Crippen LogP contribution < -0.4 is 19.7 Å². The first-order chi connectivity index (χ1) is 40.7. The van der Waals surface area contributed by atoms with Crippen molar-refractivity contribution in [1.29, 1.82) is 0 Å². The van der Waals surface area contributed by atoms with Crippen LogP contribution in [0.4, 0.5) is 5.69 Å². The van der Waals surface area contributed by atoms with Crippen molar-refractivity contribution in [3.63, 3.8) is 0 Å². The number of aromatic hydroxyl groups is 3. The Bertz CT molecular complexity index is 3730. The molecule has 7 atom stereocenters. The van der Waals surface area contributed by atoms with Crippen LogP contribution in [-0.2, 0) is 32.0 Å².